The Bertz CT molecular complexity index is 830. The molecule has 1 amide bonds. The van der Waals surface area contributed by atoms with Gasteiger partial charge in [0.2, 0.25) is 15.9 Å². The van der Waals surface area contributed by atoms with E-state index >= 15 is 0 Å². The molecule has 0 aromatic carbocycles. The number of hydrogen-bond donors (Lipinski definition) is 3. The lowest BCUT2D eigenvalue weighted by Crippen LogP contribution is -2.39. The average Bonchev–Trinajstić information content (AvgIpc) is 2.59. The van der Waals surface area contributed by atoms with E-state index < -0.39 is 10.0 Å². The van der Waals surface area contributed by atoms with Gasteiger partial charge in [-0.05, 0) is 12.1 Å². The maximum absolute atomic E-state index is 11.7. The van der Waals surface area contributed by atoms with Crippen molar-refractivity contribution in [3.8, 4) is 0 Å². The number of nitrogens with zero attached hydrogens (tertiary/aromatic N) is 4. The van der Waals surface area contributed by atoms with Gasteiger partial charge in [0, 0.05) is 32.4 Å². The minimum Gasteiger partial charge on any atom is -0.368 e. The molecule has 26 heavy (non-hydrogen) atoms. The number of sulfonamides is 1. The van der Waals surface area contributed by atoms with E-state index in [9.17, 15) is 13.2 Å². The highest BCUT2D eigenvalue weighted by Gasteiger charge is 2.14. The van der Waals surface area contributed by atoms with Crippen LogP contribution < -0.4 is 16.0 Å². The zero-order valence-corrected chi connectivity index (χ0v) is 15.3. The van der Waals surface area contributed by atoms with Crippen LogP contribution in [-0.2, 0) is 14.8 Å². The van der Waals surface area contributed by atoms with Crippen LogP contribution in [0, 0.1) is 0 Å². The van der Waals surface area contributed by atoms with Gasteiger partial charge in [-0.3, -0.25) is 4.79 Å². The third-order valence-electron chi connectivity index (χ3n) is 3.27. The van der Waals surface area contributed by atoms with Crippen LogP contribution in [-0.4, -0.2) is 66.5 Å². The Morgan fingerprint density at radius 2 is 1.88 bits per heavy atom. The van der Waals surface area contributed by atoms with Gasteiger partial charge >= 0.3 is 0 Å². The van der Waals surface area contributed by atoms with Gasteiger partial charge in [-0.25, -0.2) is 23.4 Å². The number of anilines is 3. The van der Waals surface area contributed by atoms with Crippen LogP contribution in [0.15, 0.2) is 36.8 Å². The number of carbonyl (C=O) groups is 1. The van der Waals surface area contributed by atoms with Crippen molar-refractivity contribution in [2.45, 2.75) is 0 Å². The molecule has 0 saturated heterocycles. The molecule has 2 heterocycles. The van der Waals surface area contributed by atoms with Crippen LogP contribution >= 0.6 is 0 Å². The highest BCUT2D eigenvalue weighted by atomic mass is 32.2. The lowest BCUT2D eigenvalue weighted by molar-refractivity contribution is -0.121. The summed E-state index contributed by atoms with van der Waals surface area (Å²) >= 11 is 0. The van der Waals surface area contributed by atoms with Gasteiger partial charge in [-0.15, -0.1) is 0 Å². The highest BCUT2D eigenvalue weighted by Crippen LogP contribution is 2.13. The van der Waals surface area contributed by atoms with Gasteiger partial charge in [-0.1, -0.05) is 6.07 Å². The number of nitrogens with one attached hydrogen (secondary N) is 3. The molecule has 0 aliphatic rings. The molecular formula is C15H21N7O3S. The summed E-state index contributed by atoms with van der Waals surface area (Å²) in [7, 11) is -2.02. The van der Waals surface area contributed by atoms with Crippen molar-refractivity contribution in [3.05, 3.63) is 36.8 Å². The predicted molar refractivity (Wildman–Crippen MR) is 98.5 cm³/mol. The quantitative estimate of drug-likeness (QED) is 0.521. The third kappa shape index (κ3) is 6.61. The number of amides is 1. The summed E-state index contributed by atoms with van der Waals surface area (Å²) in [6, 6.07) is 7.21. The lowest BCUT2D eigenvalue weighted by atomic mass is 10.4. The lowest BCUT2D eigenvalue weighted by Gasteiger charge is -2.14. The number of pyridine rings is 1. The second kappa shape index (κ2) is 9.06. The number of aromatic nitrogens is 3. The molecule has 0 bridgehead atoms. The number of likely N-dealkylation sites (N-methyl/N-ethyl adjacent to an activating group) is 1. The molecule has 0 spiro atoms. The molecule has 10 nitrogen and oxygen atoms in total. The van der Waals surface area contributed by atoms with Crippen LogP contribution in [0.3, 0.4) is 0 Å². The van der Waals surface area contributed by atoms with E-state index in [1.807, 2.05) is 18.2 Å². The fraction of sp³-hybridized carbons (Fsp3) is 0.333. The Balaban J connectivity index is 1.76. The van der Waals surface area contributed by atoms with E-state index in [1.54, 1.807) is 12.3 Å². The Morgan fingerprint density at radius 3 is 2.58 bits per heavy atom. The fourth-order valence-electron chi connectivity index (χ4n) is 1.86. The SMILES string of the molecule is CN(CC(=O)NCCNc1cc(Nc2ccccn2)ncn1)S(C)(=O)=O. The van der Waals surface area contributed by atoms with Crippen LogP contribution in [0.5, 0.6) is 0 Å². The Hall–Kier alpha value is -2.79. The maximum Gasteiger partial charge on any atom is 0.235 e. The Kier molecular flexibility index (Phi) is 6.81. The minimum absolute atomic E-state index is 0.218. The van der Waals surface area contributed by atoms with E-state index in [-0.39, 0.29) is 12.5 Å². The van der Waals surface area contributed by atoms with Crippen molar-refractivity contribution in [2.75, 3.05) is 43.6 Å². The predicted octanol–water partition coefficient (Wildman–Crippen LogP) is 0.0347. The summed E-state index contributed by atoms with van der Waals surface area (Å²) in [5, 5.41) is 8.74. The molecule has 2 aromatic heterocycles. The molecule has 2 rings (SSSR count). The van der Waals surface area contributed by atoms with Crippen LogP contribution in [0.2, 0.25) is 0 Å². The first-order valence-corrected chi connectivity index (χ1v) is 9.61. The van der Waals surface area contributed by atoms with E-state index in [1.165, 1.54) is 13.4 Å². The Labute approximate surface area is 152 Å². The van der Waals surface area contributed by atoms with Gasteiger partial charge < -0.3 is 16.0 Å². The standard InChI is InChI=1S/C15H21N7O3S/c1-22(26(2,24)25)10-15(23)18-8-7-17-13-9-14(20-11-19-13)21-12-5-3-4-6-16-12/h3-6,9,11H,7-8,10H2,1-2H3,(H,18,23)(H2,16,17,19,20,21). The van der Waals surface area contributed by atoms with E-state index in [2.05, 4.69) is 30.9 Å². The van der Waals surface area contributed by atoms with Crippen molar-refractivity contribution in [3.63, 3.8) is 0 Å². The van der Waals surface area contributed by atoms with Crippen molar-refractivity contribution >= 4 is 33.4 Å². The topological polar surface area (TPSA) is 129 Å². The van der Waals surface area contributed by atoms with Gasteiger partial charge in [0.1, 0.15) is 23.8 Å². The van der Waals surface area contributed by atoms with Crippen LogP contribution in [0.4, 0.5) is 17.5 Å². The first-order chi connectivity index (χ1) is 12.3. The number of rotatable bonds is 9. The molecule has 140 valence electrons. The molecule has 0 unspecified atom stereocenters. The third-order valence-corrected chi connectivity index (χ3v) is 4.54. The first-order valence-electron chi connectivity index (χ1n) is 7.76. The van der Waals surface area contributed by atoms with Crippen molar-refractivity contribution in [2.24, 2.45) is 0 Å². The van der Waals surface area contributed by atoms with E-state index in [4.69, 9.17) is 0 Å². The second-order valence-electron chi connectivity index (χ2n) is 5.42. The zero-order valence-electron chi connectivity index (χ0n) is 14.5. The summed E-state index contributed by atoms with van der Waals surface area (Å²) < 4.78 is 23.5. The van der Waals surface area contributed by atoms with Gasteiger partial charge in [-0.2, -0.15) is 4.31 Å². The van der Waals surface area contributed by atoms with E-state index in [0.29, 0.717) is 30.5 Å². The molecule has 2 aromatic rings. The molecule has 0 aliphatic carbocycles. The normalized spacial score (nSPS) is 11.2. The number of carbonyl (C=O) groups excluding carboxylic acids is 1. The molecule has 11 heteroatoms. The van der Waals surface area contributed by atoms with Gasteiger partial charge in [0.15, 0.2) is 0 Å². The molecular weight excluding hydrogens is 358 g/mol. The summed E-state index contributed by atoms with van der Waals surface area (Å²) in [5.74, 6) is 1.46. The minimum atomic E-state index is -3.37. The molecule has 3 N–H and O–H groups in total. The van der Waals surface area contributed by atoms with Crippen molar-refractivity contribution in [1.82, 2.24) is 24.6 Å². The molecule has 0 saturated carbocycles. The summed E-state index contributed by atoms with van der Waals surface area (Å²) in [6.07, 6.45) is 4.13. The van der Waals surface area contributed by atoms with Gasteiger partial charge in [0.25, 0.3) is 0 Å². The first kappa shape index (κ1) is 19.5. The molecule has 0 radical (unpaired) electrons. The van der Waals surface area contributed by atoms with Gasteiger partial charge in [0.05, 0.1) is 12.8 Å². The summed E-state index contributed by atoms with van der Waals surface area (Å²) in [6.45, 7) is 0.530. The van der Waals surface area contributed by atoms with Crippen molar-refractivity contribution in [1.29, 1.82) is 0 Å². The highest BCUT2D eigenvalue weighted by molar-refractivity contribution is 7.88. The molecule has 0 aliphatic heterocycles. The largest absolute Gasteiger partial charge is 0.368 e. The van der Waals surface area contributed by atoms with Crippen LogP contribution in [0.1, 0.15) is 0 Å². The average molecular weight is 379 g/mol. The van der Waals surface area contributed by atoms with E-state index in [0.717, 1.165) is 10.6 Å². The summed E-state index contributed by atoms with van der Waals surface area (Å²) in [5.41, 5.74) is 0. The van der Waals surface area contributed by atoms with Crippen LogP contribution in [0.25, 0.3) is 0 Å². The maximum atomic E-state index is 11.7. The zero-order chi connectivity index (χ0) is 19.0. The Morgan fingerprint density at radius 1 is 1.12 bits per heavy atom. The number of hydrogen-bond acceptors (Lipinski definition) is 8. The second-order valence-corrected chi connectivity index (χ2v) is 7.51. The smallest absolute Gasteiger partial charge is 0.235 e. The summed E-state index contributed by atoms with van der Waals surface area (Å²) in [4.78, 5) is 24.0. The van der Waals surface area contributed by atoms with Crippen molar-refractivity contribution < 1.29 is 13.2 Å². The monoisotopic (exact) mass is 379 g/mol. The fourth-order valence-corrected chi connectivity index (χ4v) is 2.21. The molecule has 0 fully saturated rings. The molecule has 0 atom stereocenters.